The molecule has 1 aliphatic carbocycles. The van der Waals surface area contributed by atoms with E-state index in [0.29, 0.717) is 19.0 Å². The predicted octanol–water partition coefficient (Wildman–Crippen LogP) is 2.54. The molecule has 1 aromatic rings. The topological polar surface area (TPSA) is 64.0 Å². The monoisotopic (exact) mass is 299 g/mol. The molecule has 1 aliphatic rings. The van der Waals surface area contributed by atoms with Crippen LogP contribution in [-0.4, -0.2) is 36.5 Å². The average Bonchev–Trinajstić information content (AvgIpc) is 2.76. The molecule has 0 radical (unpaired) electrons. The van der Waals surface area contributed by atoms with Crippen LogP contribution in [0.5, 0.6) is 0 Å². The molecule has 0 saturated heterocycles. The molecule has 1 fully saturated rings. The zero-order valence-electron chi connectivity index (χ0n) is 12.4. The third kappa shape index (κ3) is 4.51. The minimum Gasteiger partial charge on any atom is -0.356 e. The Bertz CT molecular complexity index is 531. The SMILES string of the molecule is Cc1cn(C2CCCCC2)c(NCCCS(C)(=O)=O)n1. The third-order valence-electron chi connectivity index (χ3n) is 3.80. The Kier molecular flexibility index (Phi) is 5.07. The minimum atomic E-state index is -2.87. The molecular weight excluding hydrogens is 274 g/mol. The van der Waals surface area contributed by atoms with Crippen molar-refractivity contribution in [2.24, 2.45) is 0 Å². The average molecular weight is 299 g/mol. The van der Waals surface area contributed by atoms with Crippen molar-refractivity contribution in [2.75, 3.05) is 23.9 Å². The molecule has 6 heteroatoms. The first-order valence-corrected chi connectivity index (χ1v) is 9.49. The summed E-state index contributed by atoms with van der Waals surface area (Å²) in [5, 5.41) is 3.29. The van der Waals surface area contributed by atoms with Crippen LogP contribution in [0.1, 0.15) is 50.3 Å². The van der Waals surface area contributed by atoms with E-state index < -0.39 is 9.84 Å². The Labute approximate surface area is 121 Å². The van der Waals surface area contributed by atoms with Gasteiger partial charge in [0.15, 0.2) is 0 Å². The summed E-state index contributed by atoms with van der Waals surface area (Å²) < 4.78 is 24.5. The molecule has 5 nitrogen and oxygen atoms in total. The van der Waals surface area contributed by atoms with Crippen molar-refractivity contribution < 1.29 is 8.42 Å². The lowest BCUT2D eigenvalue weighted by molar-refractivity contribution is 0.355. The van der Waals surface area contributed by atoms with Gasteiger partial charge in [-0.2, -0.15) is 0 Å². The summed E-state index contributed by atoms with van der Waals surface area (Å²) in [7, 11) is -2.87. The predicted molar refractivity (Wildman–Crippen MR) is 81.9 cm³/mol. The highest BCUT2D eigenvalue weighted by atomic mass is 32.2. The normalized spacial score (nSPS) is 17.3. The fourth-order valence-corrected chi connectivity index (χ4v) is 3.49. The van der Waals surface area contributed by atoms with Crippen molar-refractivity contribution in [2.45, 2.75) is 51.5 Å². The maximum atomic E-state index is 11.1. The van der Waals surface area contributed by atoms with E-state index in [1.165, 1.54) is 38.4 Å². The smallest absolute Gasteiger partial charge is 0.203 e. The van der Waals surface area contributed by atoms with Crippen molar-refractivity contribution in [3.05, 3.63) is 11.9 Å². The van der Waals surface area contributed by atoms with Gasteiger partial charge in [0.1, 0.15) is 9.84 Å². The van der Waals surface area contributed by atoms with Gasteiger partial charge in [-0.15, -0.1) is 0 Å². The van der Waals surface area contributed by atoms with Crippen molar-refractivity contribution >= 4 is 15.8 Å². The number of hydrogen-bond donors (Lipinski definition) is 1. The minimum absolute atomic E-state index is 0.225. The Morgan fingerprint density at radius 1 is 1.35 bits per heavy atom. The van der Waals surface area contributed by atoms with Crippen LogP contribution in [0.4, 0.5) is 5.95 Å². The van der Waals surface area contributed by atoms with E-state index >= 15 is 0 Å². The zero-order valence-corrected chi connectivity index (χ0v) is 13.2. The molecule has 0 unspecified atom stereocenters. The van der Waals surface area contributed by atoms with Crippen LogP contribution in [0.25, 0.3) is 0 Å². The van der Waals surface area contributed by atoms with Gasteiger partial charge in [-0.1, -0.05) is 19.3 Å². The maximum Gasteiger partial charge on any atom is 0.203 e. The lowest BCUT2D eigenvalue weighted by atomic mass is 9.95. The van der Waals surface area contributed by atoms with Gasteiger partial charge in [0.25, 0.3) is 0 Å². The standard InChI is InChI=1S/C14H25N3O2S/c1-12-11-17(13-7-4-3-5-8-13)14(16-12)15-9-6-10-20(2,18)19/h11,13H,3-10H2,1-2H3,(H,15,16). The fourth-order valence-electron chi connectivity index (χ4n) is 2.82. The Morgan fingerprint density at radius 3 is 2.70 bits per heavy atom. The van der Waals surface area contributed by atoms with Crippen LogP contribution < -0.4 is 5.32 Å². The number of aromatic nitrogens is 2. The molecule has 0 amide bonds. The van der Waals surface area contributed by atoms with Gasteiger partial charge in [0.05, 0.1) is 11.4 Å². The van der Waals surface area contributed by atoms with Crippen molar-refractivity contribution in [1.29, 1.82) is 0 Å². The highest BCUT2D eigenvalue weighted by Gasteiger charge is 2.18. The second-order valence-corrected chi connectivity index (χ2v) is 8.07. The lowest BCUT2D eigenvalue weighted by Crippen LogP contribution is -2.17. The molecule has 0 aromatic carbocycles. The molecular formula is C14H25N3O2S. The summed E-state index contributed by atoms with van der Waals surface area (Å²) in [5.41, 5.74) is 1.01. The number of anilines is 1. The molecule has 1 aromatic heterocycles. The summed E-state index contributed by atoms with van der Waals surface area (Å²) in [5.74, 6) is 1.12. The van der Waals surface area contributed by atoms with Gasteiger partial charge in [-0.25, -0.2) is 13.4 Å². The van der Waals surface area contributed by atoms with Crippen molar-refractivity contribution in [1.82, 2.24) is 9.55 Å². The van der Waals surface area contributed by atoms with E-state index in [0.717, 1.165) is 11.6 Å². The van der Waals surface area contributed by atoms with Crippen LogP contribution in [0.3, 0.4) is 0 Å². The highest BCUT2D eigenvalue weighted by molar-refractivity contribution is 7.90. The first-order valence-electron chi connectivity index (χ1n) is 7.43. The van der Waals surface area contributed by atoms with Crippen molar-refractivity contribution in [3.63, 3.8) is 0 Å². The first kappa shape index (κ1) is 15.4. The molecule has 2 rings (SSSR count). The van der Waals surface area contributed by atoms with Crippen LogP contribution >= 0.6 is 0 Å². The Hall–Kier alpha value is -1.04. The van der Waals surface area contributed by atoms with Crippen LogP contribution in [-0.2, 0) is 9.84 Å². The van der Waals surface area contributed by atoms with Crippen LogP contribution in [0.2, 0.25) is 0 Å². The fraction of sp³-hybridized carbons (Fsp3) is 0.786. The number of nitrogens with zero attached hydrogens (tertiary/aromatic N) is 2. The number of nitrogens with one attached hydrogen (secondary N) is 1. The zero-order chi connectivity index (χ0) is 14.6. The Balaban J connectivity index is 1.93. The van der Waals surface area contributed by atoms with E-state index in [4.69, 9.17) is 0 Å². The summed E-state index contributed by atoms with van der Waals surface area (Å²) in [4.78, 5) is 4.52. The van der Waals surface area contributed by atoms with E-state index in [-0.39, 0.29) is 5.75 Å². The Morgan fingerprint density at radius 2 is 2.05 bits per heavy atom. The maximum absolute atomic E-state index is 11.1. The van der Waals surface area contributed by atoms with E-state index in [2.05, 4.69) is 21.1 Å². The van der Waals surface area contributed by atoms with Crippen LogP contribution in [0, 0.1) is 6.92 Å². The number of hydrogen-bond acceptors (Lipinski definition) is 4. The summed E-state index contributed by atoms with van der Waals surface area (Å²) in [6.45, 7) is 2.65. The van der Waals surface area contributed by atoms with E-state index in [1.807, 2.05) is 6.92 Å². The van der Waals surface area contributed by atoms with Gasteiger partial charge < -0.3 is 9.88 Å². The number of sulfone groups is 1. The van der Waals surface area contributed by atoms with Crippen LogP contribution in [0.15, 0.2) is 6.20 Å². The molecule has 20 heavy (non-hydrogen) atoms. The molecule has 0 bridgehead atoms. The summed E-state index contributed by atoms with van der Waals surface area (Å²) >= 11 is 0. The van der Waals surface area contributed by atoms with E-state index in [1.54, 1.807) is 0 Å². The molecule has 114 valence electrons. The number of imidazole rings is 1. The van der Waals surface area contributed by atoms with Crippen molar-refractivity contribution in [3.8, 4) is 0 Å². The quantitative estimate of drug-likeness (QED) is 0.820. The molecule has 0 spiro atoms. The molecule has 1 N–H and O–H groups in total. The largest absolute Gasteiger partial charge is 0.356 e. The summed E-state index contributed by atoms with van der Waals surface area (Å²) in [6, 6.07) is 0.544. The lowest BCUT2D eigenvalue weighted by Gasteiger charge is -2.24. The first-order chi connectivity index (χ1) is 9.46. The second kappa shape index (κ2) is 6.61. The van der Waals surface area contributed by atoms with E-state index in [9.17, 15) is 8.42 Å². The van der Waals surface area contributed by atoms with Gasteiger partial charge in [0.2, 0.25) is 5.95 Å². The number of rotatable bonds is 6. The molecule has 0 atom stereocenters. The van der Waals surface area contributed by atoms with Gasteiger partial charge >= 0.3 is 0 Å². The molecule has 1 heterocycles. The third-order valence-corrected chi connectivity index (χ3v) is 4.83. The summed E-state index contributed by atoms with van der Waals surface area (Å²) in [6.07, 6.45) is 10.3. The number of aryl methyl sites for hydroxylation is 1. The van der Waals surface area contributed by atoms with Gasteiger partial charge in [-0.05, 0) is 26.2 Å². The van der Waals surface area contributed by atoms with Gasteiger partial charge in [-0.3, -0.25) is 0 Å². The molecule has 1 saturated carbocycles. The molecule has 0 aliphatic heterocycles. The van der Waals surface area contributed by atoms with Gasteiger partial charge in [0, 0.05) is 25.0 Å². The second-order valence-electron chi connectivity index (χ2n) is 5.82. The highest BCUT2D eigenvalue weighted by Crippen LogP contribution is 2.30.